The van der Waals surface area contributed by atoms with Crippen molar-refractivity contribution in [2.75, 3.05) is 17.8 Å². The normalized spacial score (nSPS) is 17.9. The fraction of sp³-hybridized carbons (Fsp3) is 0.500. The molecule has 1 aliphatic heterocycles. The topological polar surface area (TPSA) is 62.3 Å². The van der Waals surface area contributed by atoms with E-state index in [0.29, 0.717) is 13.1 Å². The first-order valence-electron chi connectivity index (χ1n) is 5.47. The highest BCUT2D eigenvalue weighted by atomic mass is 32.2. The van der Waals surface area contributed by atoms with Gasteiger partial charge >= 0.3 is 10.2 Å². The van der Waals surface area contributed by atoms with Crippen LogP contribution in [0.2, 0.25) is 0 Å². The Morgan fingerprint density at radius 1 is 1.24 bits per heavy atom. The summed E-state index contributed by atoms with van der Waals surface area (Å²) in [7, 11) is -3.53. The molecule has 1 fully saturated rings. The average molecular weight is 259 g/mol. The largest absolute Gasteiger partial charge is 0.301 e. The Labute approximate surface area is 99.8 Å². The van der Waals surface area contributed by atoms with Crippen LogP contribution in [0.5, 0.6) is 0 Å². The molecule has 0 saturated carbocycles. The van der Waals surface area contributed by atoms with Gasteiger partial charge < -0.3 is 0 Å². The van der Waals surface area contributed by atoms with Gasteiger partial charge in [0.1, 0.15) is 0 Å². The van der Waals surface area contributed by atoms with Gasteiger partial charge in [0.25, 0.3) is 0 Å². The Morgan fingerprint density at radius 2 is 1.94 bits per heavy atom. The van der Waals surface area contributed by atoms with Crippen molar-refractivity contribution >= 4 is 15.9 Å². The molecule has 1 N–H and O–H groups in total. The number of hydrogen-bond donors (Lipinski definition) is 1. The monoisotopic (exact) mass is 259 g/mol. The van der Waals surface area contributed by atoms with Gasteiger partial charge in [0.15, 0.2) is 0 Å². The van der Waals surface area contributed by atoms with E-state index in [4.69, 9.17) is 0 Å². The Morgan fingerprint density at radius 3 is 2.53 bits per heavy atom. The standard InChI is InChI=1S/C10H14FN3O2S/c11-10-5-4-9(8-12-10)13-17(15,16)14-6-2-1-3-7-14/h4-5,8,13H,1-3,6-7H2. The van der Waals surface area contributed by atoms with Gasteiger partial charge in [0, 0.05) is 13.1 Å². The molecule has 7 heteroatoms. The molecule has 0 aliphatic carbocycles. The van der Waals surface area contributed by atoms with E-state index in [1.54, 1.807) is 0 Å². The minimum atomic E-state index is -3.53. The molecule has 0 radical (unpaired) electrons. The molecular formula is C10H14FN3O2S. The number of anilines is 1. The van der Waals surface area contributed by atoms with Crippen molar-refractivity contribution < 1.29 is 12.8 Å². The van der Waals surface area contributed by atoms with E-state index in [2.05, 4.69) is 9.71 Å². The molecule has 0 bridgehead atoms. The second kappa shape index (κ2) is 4.97. The van der Waals surface area contributed by atoms with Crippen molar-refractivity contribution in [1.29, 1.82) is 0 Å². The summed E-state index contributed by atoms with van der Waals surface area (Å²) < 4.78 is 40.2. The molecule has 1 aromatic heterocycles. The van der Waals surface area contributed by atoms with Crippen molar-refractivity contribution in [2.45, 2.75) is 19.3 Å². The molecule has 5 nitrogen and oxygen atoms in total. The molecule has 17 heavy (non-hydrogen) atoms. The molecule has 2 heterocycles. The summed E-state index contributed by atoms with van der Waals surface area (Å²) in [6.45, 7) is 1.06. The van der Waals surface area contributed by atoms with E-state index in [0.717, 1.165) is 31.5 Å². The van der Waals surface area contributed by atoms with E-state index in [9.17, 15) is 12.8 Å². The summed E-state index contributed by atoms with van der Waals surface area (Å²) in [5, 5.41) is 0. The first-order chi connectivity index (χ1) is 8.08. The SMILES string of the molecule is O=S(=O)(Nc1ccc(F)nc1)N1CCCCC1. The number of pyridine rings is 1. The van der Waals surface area contributed by atoms with Gasteiger partial charge in [-0.2, -0.15) is 17.1 Å². The maximum absolute atomic E-state index is 12.6. The molecular weight excluding hydrogens is 245 g/mol. The molecule has 0 spiro atoms. The summed E-state index contributed by atoms with van der Waals surface area (Å²) >= 11 is 0. The zero-order valence-electron chi connectivity index (χ0n) is 9.26. The Hall–Kier alpha value is -1.21. The van der Waals surface area contributed by atoms with Gasteiger partial charge in [-0.1, -0.05) is 6.42 Å². The quantitative estimate of drug-likeness (QED) is 0.834. The predicted molar refractivity (Wildman–Crippen MR) is 62.2 cm³/mol. The third kappa shape index (κ3) is 3.13. The lowest BCUT2D eigenvalue weighted by molar-refractivity contribution is 0.349. The number of nitrogens with one attached hydrogen (secondary N) is 1. The van der Waals surface area contributed by atoms with Gasteiger partial charge in [-0.25, -0.2) is 4.98 Å². The van der Waals surface area contributed by atoms with Crippen LogP contribution in [0, 0.1) is 5.95 Å². The summed E-state index contributed by atoms with van der Waals surface area (Å²) in [6, 6.07) is 2.47. The predicted octanol–water partition coefficient (Wildman–Crippen LogP) is 1.36. The molecule has 94 valence electrons. The first-order valence-corrected chi connectivity index (χ1v) is 6.91. The maximum atomic E-state index is 12.6. The molecule has 2 rings (SSSR count). The van der Waals surface area contributed by atoms with E-state index in [1.165, 1.54) is 10.4 Å². The molecule has 0 atom stereocenters. The summed E-state index contributed by atoms with van der Waals surface area (Å²) in [6.07, 6.45) is 3.98. The lowest BCUT2D eigenvalue weighted by Crippen LogP contribution is -2.39. The zero-order valence-corrected chi connectivity index (χ0v) is 10.1. The second-order valence-electron chi connectivity index (χ2n) is 3.94. The fourth-order valence-electron chi connectivity index (χ4n) is 1.75. The summed E-state index contributed by atoms with van der Waals surface area (Å²) in [4.78, 5) is 3.40. The third-order valence-electron chi connectivity index (χ3n) is 2.63. The van der Waals surface area contributed by atoms with Crippen LogP contribution in [0.25, 0.3) is 0 Å². The number of halogens is 1. The van der Waals surface area contributed by atoms with E-state index < -0.39 is 16.2 Å². The van der Waals surface area contributed by atoms with Gasteiger partial charge in [-0.15, -0.1) is 0 Å². The zero-order chi connectivity index (χ0) is 12.3. The van der Waals surface area contributed by atoms with Gasteiger partial charge in [0.05, 0.1) is 11.9 Å². The van der Waals surface area contributed by atoms with Crippen molar-refractivity contribution in [3.63, 3.8) is 0 Å². The van der Waals surface area contributed by atoms with Crippen LogP contribution in [-0.4, -0.2) is 30.8 Å². The molecule has 0 aromatic carbocycles. The van der Waals surface area contributed by atoms with E-state index >= 15 is 0 Å². The van der Waals surface area contributed by atoms with Crippen LogP contribution in [0.15, 0.2) is 18.3 Å². The lowest BCUT2D eigenvalue weighted by atomic mass is 10.2. The van der Waals surface area contributed by atoms with Crippen LogP contribution in [-0.2, 0) is 10.2 Å². The summed E-state index contributed by atoms with van der Waals surface area (Å²) in [5.74, 6) is -0.633. The van der Waals surface area contributed by atoms with E-state index in [1.807, 2.05) is 0 Å². The Bertz CT molecular complexity index is 469. The Kier molecular flexibility index (Phi) is 3.58. The van der Waals surface area contributed by atoms with Crippen LogP contribution in [0.4, 0.5) is 10.1 Å². The minimum absolute atomic E-state index is 0.275. The van der Waals surface area contributed by atoms with Crippen LogP contribution in [0.1, 0.15) is 19.3 Å². The van der Waals surface area contributed by atoms with Gasteiger partial charge in [-0.05, 0) is 25.0 Å². The molecule has 0 unspecified atom stereocenters. The third-order valence-corrected chi connectivity index (χ3v) is 4.17. The average Bonchev–Trinajstić information content (AvgIpc) is 2.33. The number of hydrogen-bond acceptors (Lipinski definition) is 3. The number of aromatic nitrogens is 1. The van der Waals surface area contributed by atoms with Crippen molar-refractivity contribution in [3.8, 4) is 0 Å². The highest BCUT2D eigenvalue weighted by molar-refractivity contribution is 7.90. The van der Waals surface area contributed by atoms with E-state index in [-0.39, 0.29) is 5.69 Å². The number of nitrogens with zero attached hydrogens (tertiary/aromatic N) is 2. The number of piperidine rings is 1. The lowest BCUT2D eigenvalue weighted by Gasteiger charge is -2.26. The molecule has 1 aliphatic rings. The van der Waals surface area contributed by atoms with Crippen molar-refractivity contribution in [3.05, 3.63) is 24.3 Å². The highest BCUT2D eigenvalue weighted by Gasteiger charge is 2.23. The summed E-state index contributed by atoms with van der Waals surface area (Å²) in [5.41, 5.74) is 0.275. The van der Waals surface area contributed by atoms with Gasteiger partial charge in [0.2, 0.25) is 5.95 Å². The number of rotatable bonds is 3. The van der Waals surface area contributed by atoms with Gasteiger partial charge in [-0.3, -0.25) is 4.72 Å². The fourth-order valence-corrected chi connectivity index (χ4v) is 3.04. The first kappa shape index (κ1) is 12.3. The van der Waals surface area contributed by atoms with Crippen LogP contribution >= 0.6 is 0 Å². The van der Waals surface area contributed by atoms with Crippen LogP contribution in [0.3, 0.4) is 0 Å². The van der Waals surface area contributed by atoms with Crippen LogP contribution < -0.4 is 4.72 Å². The van der Waals surface area contributed by atoms with Crippen molar-refractivity contribution in [1.82, 2.24) is 9.29 Å². The minimum Gasteiger partial charge on any atom is -0.269 e. The Balaban J connectivity index is 2.08. The van der Waals surface area contributed by atoms with Crippen molar-refractivity contribution in [2.24, 2.45) is 0 Å². The highest BCUT2D eigenvalue weighted by Crippen LogP contribution is 2.15. The smallest absolute Gasteiger partial charge is 0.269 e. The molecule has 1 aromatic rings. The molecule has 1 saturated heterocycles. The maximum Gasteiger partial charge on any atom is 0.301 e. The second-order valence-corrected chi connectivity index (χ2v) is 5.61. The molecule has 0 amide bonds.